The number of methoxy groups -OCH3 is 1. The van der Waals surface area contributed by atoms with E-state index in [0.717, 1.165) is 29.7 Å². The van der Waals surface area contributed by atoms with Gasteiger partial charge in [-0.3, -0.25) is 0 Å². The molecule has 0 saturated carbocycles. The van der Waals surface area contributed by atoms with Gasteiger partial charge in [-0.05, 0) is 31.0 Å². The second kappa shape index (κ2) is 4.37. The predicted molar refractivity (Wildman–Crippen MR) is 71.1 cm³/mol. The number of nitrogens with one attached hydrogen (secondary N) is 1. The van der Waals surface area contributed by atoms with Crippen LogP contribution >= 0.6 is 0 Å². The molecule has 0 atom stereocenters. The maximum absolute atomic E-state index is 11.9. The van der Waals surface area contributed by atoms with E-state index in [-0.39, 0.29) is 5.97 Å². The van der Waals surface area contributed by atoms with E-state index in [2.05, 4.69) is 16.0 Å². The first kappa shape index (κ1) is 11.1. The molecule has 18 heavy (non-hydrogen) atoms. The number of H-pyrrole nitrogens is 1. The van der Waals surface area contributed by atoms with E-state index in [9.17, 15) is 4.79 Å². The van der Waals surface area contributed by atoms with E-state index < -0.39 is 0 Å². The number of aromatic nitrogens is 1. The average Bonchev–Trinajstić information content (AvgIpc) is 3.06. The van der Waals surface area contributed by atoms with Crippen molar-refractivity contribution in [2.45, 2.75) is 12.8 Å². The SMILES string of the molecule is COC(=O)c1cc2[nH]ccc2cc1N1CCCC1. The molecular weight excluding hydrogens is 228 g/mol. The molecule has 1 aliphatic heterocycles. The van der Waals surface area contributed by atoms with E-state index in [1.54, 1.807) is 0 Å². The van der Waals surface area contributed by atoms with E-state index in [1.165, 1.54) is 20.0 Å². The summed E-state index contributed by atoms with van der Waals surface area (Å²) in [6, 6.07) is 5.98. The highest BCUT2D eigenvalue weighted by Gasteiger charge is 2.21. The Morgan fingerprint density at radius 2 is 2.11 bits per heavy atom. The van der Waals surface area contributed by atoms with Crippen LogP contribution in [0.15, 0.2) is 24.4 Å². The number of aromatic amines is 1. The highest BCUT2D eigenvalue weighted by Crippen LogP contribution is 2.29. The first-order valence-corrected chi connectivity index (χ1v) is 6.24. The van der Waals surface area contributed by atoms with Gasteiger partial charge in [0.25, 0.3) is 0 Å². The standard InChI is InChI=1S/C14H16N2O2/c1-18-14(17)11-9-12-10(4-5-15-12)8-13(11)16-6-2-3-7-16/h4-5,8-9,15H,2-3,6-7H2,1H3. The van der Waals surface area contributed by atoms with Gasteiger partial charge < -0.3 is 14.6 Å². The highest BCUT2D eigenvalue weighted by atomic mass is 16.5. The van der Waals surface area contributed by atoms with Crippen molar-refractivity contribution in [3.63, 3.8) is 0 Å². The van der Waals surface area contributed by atoms with E-state index >= 15 is 0 Å². The molecule has 0 bridgehead atoms. The summed E-state index contributed by atoms with van der Waals surface area (Å²) in [5.41, 5.74) is 2.61. The maximum atomic E-state index is 11.9. The smallest absolute Gasteiger partial charge is 0.340 e. The van der Waals surface area contributed by atoms with Crippen LogP contribution in [0.1, 0.15) is 23.2 Å². The van der Waals surface area contributed by atoms with Gasteiger partial charge in [0.1, 0.15) is 0 Å². The number of fused-ring (bicyclic) bond motifs is 1. The van der Waals surface area contributed by atoms with Crippen molar-refractivity contribution in [1.82, 2.24) is 4.98 Å². The Hall–Kier alpha value is -1.97. The van der Waals surface area contributed by atoms with E-state index in [4.69, 9.17) is 4.74 Å². The van der Waals surface area contributed by atoms with Crippen LogP contribution in [0.25, 0.3) is 10.9 Å². The molecule has 0 unspecified atom stereocenters. The normalized spacial score (nSPS) is 15.3. The lowest BCUT2D eigenvalue weighted by molar-refractivity contribution is 0.0601. The predicted octanol–water partition coefficient (Wildman–Crippen LogP) is 2.55. The second-order valence-corrected chi connectivity index (χ2v) is 4.62. The van der Waals surface area contributed by atoms with Crippen molar-refractivity contribution in [1.29, 1.82) is 0 Å². The number of esters is 1. The number of ether oxygens (including phenoxy) is 1. The van der Waals surface area contributed by atoms with Gasteiger partial charge in [0.05, 0.1) is 18.4 Å². The Balaban J connectivity index is 2.15. The zero-order valence-electron chi connectivity index (χ0n) is 10.4. The molecule has 0 radical (unpaired) electrons. The molecule has 1 saturated heterocycles. The Morgan fingerprint density at radius 3 is 2.83 bits per heavy atom. The zero-order chi connectivity index (χ0) is 12.5. The summed E-state index contributed by atoms with van der Waals surface area (Å²) in [4.78, 5) is 17.3. The van der Waals surface area contributed by atoms with Crippen LogP contribution in [-0.2, 0) is 4.74 Å². The largest absolute Gasteiger partial charge is 0.465 e. The average molecular weight is 244 g/mol. The van der Waals surface area contributed by atoms with Crippen LogP contribution in [-0.4, -0.2) is 31.2 Å². The van der Waals surface area contributed by atoms with Gasteiger partial charge in [0.15, 0.2) is 0 Å². The van der Waals surface area contributed by atoms with Crippen LogP contribution in [0.5, 0.6) is 0 Å². The first-order valence-electron chi connectivity index (χ1n) is 6.24. The maximum Gasteiger partial charge on any atom is 0.340 e. The molecule has 4 heteroatoms. The molecule has 1 fully saturated rings. The Labute approximate surface area is 106 Å². The summed E-state index contributed by atoms with van der Waals surface area (Å²) >= 11 is 0. The summed E-state index contributed by atoms with van der Waals surface area (Å²) in [5.74, 6) is -0.270. The van der Waals surface area contributed by atoms with Gasteiger partial charge in [-0.1, -0.05) is 0 Å². The minimum absolute atomic E-state index is 0.270. The number of benzene rings is 1. The Morgan fingerprint density at radius 1 is 1.33 bits per heavy atom. The topological polar surface area (TPSA) is 45.3 Å². The third kappa shape index (κ3) is 1.74. The number of carbonyl (C=O) groups is 1. The van der Waals surface area contributed by atoms with Crippen molar-refractivity contribution in [2.24, 2.45) is 0 Å². The fourth-order valence-corrected chi connectivity index (χ4v) is 2.58. The van der Waals surface area contributed by atoms with Gasteiger partial charge in [0.2, 0.25) is 0 Å². The zero-order valence-corrected chi connectivity index (χ0v) is 10.4. The van der Waals surface area contributed by atoms with Crippen LogP contribution in [0.4, 0.5) is 5.69 Å². The van der Waals surface area contributed by atoms with Gasteiger partial charge in [-0.15, -0.1) is 0 Å². The Kier molecular flexibility index (Phi) is 2.70. The van der Waals surface area contributed by atoms with E-state index in [0.29, 0.717) is 5.56 Å². The monoisotopic (exact) mass is 244 g/mol. The molecule has 4 nitrogen and oxygen atoms in total. The summed E-state index contributed by atoms with van der Waals surface area (Å²) in [6.07, 6.45) is 4.26. The van der Waals surface area contributed by atoms with E-state index in [1.807, 2.05) is 18.3 Å². The molecule has 2 heterocycles. The lowest BCUT2D eigenvalue weighted by Gasteiger charge is -2.20. The molecule has 94 valence electrons. The van der Waals surface area contributed by atoms with Crippen LogP contribution < -0.4 is 4.90 Å². The molecule has 1 N–H and O–H groups in total. The van der Waals surface area contributed by atoms with Gasteiger partial charge >= 0.3 is 5.97 Å². The molecule has 0 amide bonds. The molecule has 1 aliphatic rings. The van der Waals surface area contributed by atoms with Crippen LogP contribution in [0, 0.1) is 0 Å². The fourth-order valence-electron chi connectivity index (χ4n) is 2.58. The van der Waals surface area contributed by atoms with Crippen molar-refractivity contribution in [3.8, 4) is 0 Å². The van der Waals surface area contributed by atoms with Gasteiger partial charge in [-0.2, -0.15) is 0 Å². The van der Waals surface area contributed by atoms with Crippen LogP contribution in [0.2, 0.25) is 0 Å². The number of nitrogens with zero attached hydrogens (tertiary/aromatic N) is 1. The third-order valence-corrected chi connectivity index (χ3v) is 3.52. The summed E-state index contributed by atoms with van der Waals surface area (Å²) in [6.45, 7) is 2.03. The van der Waals surface area contributed by atoms with Crippen molar-refractivity contribution >= 4 is 22.6 Å². The number of anilines is 1. The minimum Gasteiger partial charge on any atom is -0.465 e. The number of carbonyl (C=O) groups excluding carboxylic acids is 1. The molecule has 3 rings (SSSR count). The second-order valence-electron chi connectivity index (χ2n) is 4.62. The molecular formula is C14H16N2O2. The van der Waals surface area contributed by atoms with Gasteiger partial charge in [-0.25, -0.2) is 4.79 Å². The molecule has 2 aromatic rings. The summed E-state index contributed by atoms with van der Waals surface area (Å²) in [7, 11) is 1.43. The van der Waals surface area contributed by atoms with Crippen LogP contribution in [0.3, 0.4) is 0 Å². The third-order valence-electron chi connectivity index (χ3n) is 3.52. The lowest BCUT2D eigenvalue weighted by Crippen LogP contribution is -2.21. The quantitative estimate of drug-likeness (QED) is 0.826. The first-order chi connectivity index (χ1) is 8.79. The number of hydrogen-bond acceptors (Lipinski definition) is 3. The highest BCUT2D eigenvalue weighted by molar-refractivity contribution is 6.01. The number of rotatable bonds is 2. The minimum atomic E-state index is -0.270. The number of hydrogen-bond donors (Lipinski definition) is 1. The Bertz CT molecular complexity index is 582. The molecule has 0 aliphatic carbocycles. The molecule has 1 aromatic heterocycles. The molecule has 0 spiro atoms. The molecule has 1 aromatic carbocycles. The summed E-state index contributed by atoms with van der Waals surface area (Å²) < 4.78 is 4.88. The fraction of sp³-hybridized carbons (Fsp3) is 0.357. The van der Waals surface area contributed by atoms with Crippen molar-refractivity contribution in [3.05, 3.63) is 30.0 Å². The summed E-state index contributed by atoms with van der Waals surface area (Å²) in [5, 5.41) is 1.13. The lowest BCUT2D eigenvalue weighted by atomic mass is 10.1. The van der Waals surface area contributed by atoms with Crippen molar-refractivity contribution < 1.29 is 9.53 Å². The van der Waals surface area contributed by atoms with Gasteiger partial charge in [0, 0.05) is 30.2 Å². The van der Waals surface area contributed by atoms with Crippen molar-refractivity contribution in [2.75, 3.05) is 25.1 Å².